The Bertz CT molecular complexity index is 980. The molecule has 0 fully saturated rings. The molecule has 1 aromatic heterocycles. The van der Waals surface area contributed by atoms with E-state index in [-0.39, 0.29) is 18.8 Å². The molecular formula is C24H34N6O5. The molecule has 5 atom stereocenters. The van der Waals surface area contributed by atoms with Crippen LogP contribution in [0.25, 0.3) is 0 Å². The van der Waals surface area contributed by atoms with Gasteiger partial charge >= 0.3 is 5.97 Å². The minimum Gasteiger partial charge on any atom is -0.480 e. The first-order chi connectivity index (χ1) is 16.6. The average Bonchev–Trinajstić information content (AvgIpc) is 3.34. The number of carboxylic acids is 1. The topological polar surface area (TPSA) is 179 Å². The number of imidazole rings is 1. The number of carbonyl (C=O) groups excluding carboxylic acids is 3. The molecule has 0 aliphatic rings. The van der Waals surface area contributed by atoms with E-state index >= 15 is 0 Å². The molecule has 1 heterocycles. The maximum absolute atomic E-state index is 13.2. The van der Waals surface area contributed by atoms with Crippen molar-refractivity contribution in [2.24, 2.45) is 11.7 Å². The van der Waals surface area contributed by atoms with Crippen molar-refractivity contribution in [2.45, 2.75) is 64.2 Å². The molecule has 35 heavy (non-hydrogen) atoms. The molecule has 2 rings (SSSR count). The van der Waals surface area contributed by atoms with Crippen LogP contribution in [0.4, 0.5) is 0 Å². The van der Waals surface area contributed by atoms with Gasteiger partial charge in [-0.25, -0.2) is 9.78 Å². The van der Waals surface area contributed by atoms with Gasteiger partial charge in [0, 0.05) is 24.7 Å². The molecule has 1 aromatic carbocycles. The number of carboxylic acid groups (broad SMARTS) is 1. The predicted molar refractivity (Wildman–Crippen MR) is 129 cm³/mol. The number of benzene rings is 1. The van der Waals surface area contributed by atoms with Crippen LogP contribution < -0.4 is 21.7 Å². The summed E-state index contributed by atoms with van der Waals surface area (Å²) < 4.78 is 0. The Balaban J connectivity index is 2.18. The number of carbonyl (C=O) groups is 4. The van der Waals surface area contributed by atoms with E-state index in [1.807, 2.05) is 13.0 Å². The summed E-state index contributed by atoms with van der Waals surface area (Å²) in [6, 6.07) is 4.89. The number of aromatic amines is 1. The highest BCUT2D eigenvalue weighted by Crippen LogP contribution is 2.11. The average molecular weight is 487 g/mol. The van der Waals surface area contributed by atoms with E-state index in [0.29, 0.717) is 12.1 Å². The van der Waals surface area contributed by atoms with Gasteiger partial charge in [-0.2, -0.15) is 0 Å². The number of amides is 3. The van der Waals surface area contributed by atoms with Crippen molar-refractivity contribution in [1.82, 2.24) is 25.9 Å². The van der Waals surface area contributed by atoms with E-state index < -0.39 is 47.9 Å². The quantitative estimate of drug-likeness (QED) is 0.233. The molecule has 190 valence electrons. The zero-order valence-corrected chi connectivity index (χ0v) is 20.2. The number of aromatic nitrogens is 2. The van der Waals surface area contributed by atoms with Gasteiger partial charge in [-0.1, -0.05) is 50.6 Å². The van der Waals surface area contributed by atoms with Crippen LogP contribution in [0.5, 0.6) is 0 Å². The van der Waals surface area contributed by atoms with E-state index in [9.17, 15) is 24.3 Å². The van der Waals surface area contributed by atoms with Gasteiger partial charge in [-0.05, 0) is 18.4 Å². The van der Waals surface area contributed by atoms with Gasteiger partial charge in [0.2, 0.25) is 17.7 Å². The maximum Gasteiger partial charge on any atom is 0.326 e. The van der Waals surface area contributed by atoms with Crippen molar-refractivity contribution in [1.29, 1.82) is 0 Å². The molecule has 0 aliphatic carbocycles. The Morgan fingerprint density at radius 1 is 0.971 bits per heavy atom. The first-order valence-electron chi connectivity index (χ1n) is 11.5. The largest absolute Gasteiger partial charge is 0.480 e. The van der Waals surface area contributed by atoms with E-state index in [2.05, 4.69) is 25.9 Å². The fraction of sp³-hybridized carbons (Fsp3) is 0.458. The summed E-state index contributed by atoms with van der Waals surface area (Å²) in [7, 11) is 0. The lowest BCUT2D eigenvalue weighted by molar-refractivity contribution is -0.142. The highest BCUT2D eigenvalue weighted by atomic mass is 16.4. The highest BCUT2D eigenvalue weighted by molar-refractivity contribution is 5.94. The second kappa shape index (κ2) is 13.2. The van der Waals surface area contributed by atoms with E-state index in [4.69, 9.17) is 5.73 Å². The number of nitrogens with two attached hydrogens (primary N) is 1. The third kappa shape index (κ3) is 8.53. The van der Waals surface area contributed by atoms with Gasteiger partial charge in [0.15, 0.2) is 0 Å². The van der Waals surface area contributed by atoms with Crippen molar-refractivity contribution < 1.29 is 24.3 Å². The minimum atomic E-state index is -1.18. The van der Waals surface area contributed by atoms with Crippen LogP contribution in [0.3, 0.4) is 0 Å². The van der Waals surface area contributed by atoms with Crippen molar-refractivity contribution in [3.63, 3.8) is 0 Å². The summed E-state index contributed by atoms with van der Waals surface area (Å²) in [4.78, 5) is 57.1. The smallest absolute Gasteiger partial charge is 0.326 e. The standard InChI is InChI=1S/C24H34N6O5/c1-4-14(2)20(23(33)29-19(24(34)35)10-16-8-6-5-7-9-16)30-22(32)18(28-21(31)15(3)25)11-17-12-26-13-27-17/h5-9,12-15,18-20H,4,10-11,25H2,1-3H3,(H,26,27)(H,28,31)(H,29,33)(H,30,32)(H,34,35). The Morgan fingerprint density at radius 2 is 1.63 bits per heavy atom. The van der Waals surface area contributed by atoms with Crippen LogP contribution in [-0.4, -0.2) is 62.9 Å². The van der Waals surface area contributed by atoms with Crippen molar-refractivity contribution in [2.75, 3.05) is 0 Å². The van der Waals surface area contributed by atoms with Crippen LogP contribution >= 0.6 is 0 Å². The molecule has 5 unspecified atom stereocenters. The summed E-state index contributed by atoms with van der Waals surface area (Å²) in [5.74, 6) is -3.22. The Hall–Kier alpha value is -3.73. The zero-order chi connectivity index (χ0) is 26.0. The normalized spacial score (nSPS) is 15.2. The molecule has 0 aliphatic heterocycles. The van der Waals surface area contributed by atoms with Gasteiger partial charge in [0.25, 0.3) is 0 Å². The van der Waals surface area contributed by atoms with Crippen LogP contribution in [0.1, 0.15) is 38.4 Å². The second-order valence-corrected chi connectivity index (χ2v) is 8.59. The summed E-state index contributed by atoms with van der Waals surface area (Å²) in [5.41, 5.74) is 7.00. The lowest BCUT2D eigenvalue weighted by atomic mass is 9.96. The summed E-state index contributed by atoms with van der Waals surface area (Å²) in [6.07, 6.45) is 3.72. The molecule has 0 spiro atoms. The van der Waals surface area contributed by atoms with E-state index in [1.165, 1.54) is 19.4 Å². The fourth-order valence-electron chi connectivity index (χ4n) is 3.40. The molecule has 2 aromatic rings. The van der Waals surface area contributed by atoms with E-state index in [1.54, 1.807) is 31.2 Å². The van der Waals surface area contributed by atoms with Gasteiger partial charge in [0.05, 0.1) is 12.4 Å². The third-order valence-corrected chi connectivity index (χ3v) is 5.72. The predicted octanol–water partition coefficient (Wildman–Crippen LogP) is 0.127. The molecule has 11 nitrogen and oxygen atoms in total. The summed E-state index contributed by atoms with van der Waals surface area (Å²) in [5, 5.41) is 17.5. The zero-order valence-electron chi connectivity index (χ0n) is 20.2. The lowest BCUT2D eigenvalue weighted by Crippen LogP contribution is -2.59. The van der Waals surface area contributed by atoms with Gasteiger partial charge in [-0.15, -0.1) is 0 Å². The van der Waals surface area contributed by atoms with Gasteiger partial charge < -0.3 is 31.8 Å². The molecule has 3 amide bonds. The number of aliphatic carboxylic acids is 1. The minimum absolute atomic E-state index is 0.0932. The molecule has 0 saturated heterocycles. The Kier molecular flexibility index (Phi) is 10.4. The van der Waals surface area contributed by atoms with Gasteiger partial charge in [-0.3, -0.25) is 14.4 Å². The molecular weight excluding hydrogens is 452 g/mol. The first-order valence-corrected chi connectivity index (χ1v) is 11.5. The number of H-pyrrole nitrogens is 1. The van der Waals surface area contributed by atoms with Crippen molar-refractivity contribution in [3.05, 3.63) is 54.1 Å². The number of rotatable bonds is 13. The summed E-state index contributed by atoms with van der Waals surface area (Å²) >= 11 is 0. The summed E-state index contributed by atoms with van der Waals surface area (Å²) in [6.45, 7) is 5.13. The highest BCUT2D eigenvalue weighted by Gasteiger charge is 2.32. The third-order valence-electron chi connectivity index (χ3n) is 5.72. The van der Waals surface area contributed by atoms with Crippen molar-refractivity contribution in [3.8, 4) is 0 Å². The fourth-order valence-corrected chi connectivity index (χ4v) is 3.40. The number of hydrogen-bond acceptors (Lipinski definition) is 6. The second-order valence-electron chi connectivity index (χ2n) is 8.59. The Morgan fingerprint density at radius 3 is 2.17 bits per heavy atom. The Labute approximate surface area is 204 Å². The van der Waals surface area contributed by atoms with Crippen LogP contribution in [0, 0.1) is 5.92 Å². The molecule has 0 radical (unpaired) electrons. The van der Waals surface area contributed by atoms with Crippen LogP contribution in [0.15, 0.2) is 42.9 Å². The number of nitrogens with zero attached hydrogens (tertiary/aromatic N) is 1. The monoisotopic (exact) mass is 486 g/mol. The van der Waals surface area contributed by atoms with Crippen molar-refractivity contribution >= 4 is 23.7 Å². The molecule has 0 bridgehead atoms. The van der Waals surface area contributed by atoms with Crippen LogP contribution in [-0.2, 0) is 32.0 Å². The van der Waals surface area contributed by atoms with Crippen LogP contribution in [0.2, 0.25) is 0 Å². The maximum atomic E-state index is 13.2. The molecule has 7 N–H and O–H groups in total. The number of hydrogen-bond donors (Lipinski definition) is 6. The lowest BCUT2D eigenvalue weighted by Gasteiger charge is -2.28. The van der Waals surface area contributed by atoms with Gasteiger partial charge in [0.1, 0.15) is 18.1 Å². The number of nitrogens with one attached hydrogen (secondary N) is 4. The molecule has 11 heteroatoms. The SMILES string of the molecule is CCC(C)C(NC(=O)C(Cc1cnc[nH]1)NC(=O)C(C)N)C(=O)NC(Cc1ccccc1)C(=O)O. The van der Waals surface area contributed by atoms with E-state index in [0.717, 1.165) is 5.56 Å². The first kappa shape index (κ1) is 27.5. The molecule has 0 saturated carbocycles.